The molecule has 0 bridgehead atoms. The molecule has 3 rings (SSSR count). The van der Waals surface area contributed by atoms with E-state index < -0.39 is 18.8 Å². The van der Waals surface area contributed by atoms with Gasteiger partial charge in [0.2, 0.25) is 5.91 Å². The first-order chi connectivity index (χ1) is 11.9. The highest BCUT2D eigenvalue weighted by atomic mass is 35.5. The lowest BCUT2D eigenvalue weighted by atomic mass is 10.2. The van der Waals surface area contributed by atoms with Crippen LogP contribution in [0.5, 0.6) is 0 Å². The molecule has 1 amide bonds. The summed E-state index contributed by atoms with van der Waals surface area (Å²) >= 11 is 0. The van der Waals surface area contributed by atoms with Gasteiger partial charge in [0.15, 0.2) is 0 Å². The summed E-state index contributed by atoms with van der Waals surface area (Å²) in [5.74, 6) is -0.374. The van der Waals surface area contributed by atoms with E-state index in [1.54, 1.807) is 0 Å². The molecule has 0 radical (unpaired) electrons. The van der Waals surface area contributed by atoms with Gasteiger partial charge in [0.25, 0.3) is 0 Å². The molecule has 1 fully saturated rings. The quantitative estimate of drug-likeness (QED) is 0.751. The Kier molecular flexibility index (Phi) is 9.14. The predicted octanol–water partition coefficient (Wildman–Crippen LogP) is 1.84. The first-order valence-electron chi connectivity index (χ1n) is 8.56. The monoisotopic (exact) mass is 428 g/mol. The average Bonchev–Trinajstić information content (AvgIpc) is 2.98. The van der Waals surface area contributed by atoms with E-state index in [0.29, 0.717) is 32.7 Å². The molecule has 154 valence electrons. The summed E-state index contributed by atoms with van der Waals surface area (Å²) in [5, 5.41) is 5.52. The van der Waals surface area contributed by atoms with Gasteiger partial charge in [0, 0.05) is 45.0 Å². The van der Waals surface area contributed by atoms with E-state index in [0.717, 1.165) is 12.1 Å². The lowest BCUT2D eigenvalue weighted by Gasteiger charge is -2.36. The van der Waals surface area contributed by atoms with Crippen molar-refractivity contribution in [2.75, 3.05) is 50.7 Å². The highest BCUT2D eigenvalue weighted by Crippen LogP contribution is 2.27. The number of anilines is 1. The Bertz CT molecular complexity index is 612. The van der Waals surface area contributed by atoms with Crippen molar-refractivity contribution in [3.8, 4) is 0 Å². The van der Waals surface area contributed by atoms with Crippen molar-refractivity contribution in [2.45, 2.75) is 18.6 Å². The number of benzene rings is 1. The Labute approximate surface area is 169 Å². The highest BCUT2D eigenvalue weighted by molar-refractivity contribution is 5.85. The van der Waals surface area contributed by atoms with Gasteiger partial charge in [-0.2, -0.15) is 13.2 Å². The number of hydrogen-bond donors (Lipinski definition) is 2. The maximum Gasteiger partial charge on any atom is 0.405 e. The fourth-order valence-corrected chi connectivity index (χ4v) is 3.46. The van der Waals surface area contributed by atoms with Crippen LogP contribution >= 0.6 is 24.8 Å². The van der Waals surface area contributed by atoms with Crippen LogP contribution in [0.15, 0.2) is 24.3 Å². The van der Waals surface area contributed by atoms with Crippen molar-refractivity contribution in [3.63, 3.8) is 0 Å². The average molecular weight is 429 g/mol. The number of nitrogens with one attached hydrogen (secondary N) is 2. The molecule has 10 heteroatoms. The molecule has 0 aliphatic carbocycles. The largest absolute Gasteiger partial charge is 0.405 e. The van der Waals surface area contributed by atoms with E-state index in [2.05, 4.69) is 10.6 Å². The van der Waals surface area contributed by atoms with Gasteiger partial charge in [0.1, 0.15) is 6.04 Å². The summed E-state index contributed by atoms with van der Waals surface area (Å²) in [4.78, 5) is 15.5. The minimum Gasteiger partial charge on any atom is -0.362 e. The molecule has 1 unspecified atom stereocenters. The summed E-state index contributed by atoms with van der Waals surface area (Å²) < 4.78 is 40.0. The van der Waals surface area contributed by atoms with Crippen LogP contribution in [0.25, 0.3) is 0 Å². The van der Waals surface area contributed by atoms with E-state index in [-0.39, 0.29) is 37.3 Å². The van der Waals surface area contributed by atoms with Crippen LogP contribution in [0.3, 0.4) is 0 Å². The van der Waals surface area contributed by atoms with Gasteiger partial charge < -0.3 is 15.5 Å². The van der Waals surface area contributed by atoms with Gasteiger partial charge in [0.05, 0.1) is 6.54 Å². The fraction of sp³-hybridized carbons (Fsp3) is 0.588. The number of rotatable bonds is 5. The minimum absolute atomic E-state index is 0. The van der Waals surface area contributed by atoms with Crippen molar-refractivity contribution >= 4 is 36.4 Å². The molecule has 1 aromatic carbocycles. The Hall–Kier alpha value is -1.22. The minimum atomic E-state index is -4.36. The third-order valence-electron chi connectivity index (χ3n) is 4.78. The number of carbonyl (C=O) groups is 1. The fourth-order valence-electron chi connectivity index (χ4n) is 3.46. The maximum absolute atomic E-state index is 13.3. The number of carbonyl (C=O) groups excluding carboxylic acids is 1. The van der Waals surface area contributed by atoms with Gasteiger partial charge in [-0.3, -0.25) is 9.69 Å². The van der Waals surface area contributed by atoms with E-state index in [1.807, 2.05) is 29.2 Å². The lowest BCUT2D eigenvalue weighted by molar-refractivity contribution is -0.183. The highest BCUT2D eigenvalue weighted by Gasteiger charge is 2.43. The second-order valence-corrected chi connectivity index (χ2v) is 6.45. The Morgan fingerprint density at radius 2 is 1.81 bits per heavy atom. The molecule has 0 spiro atoms. The number of hydrogen-bond acceptors (Lipinski definition) is 4. The molecule has 2 aliphatic rings. The molecule has 5 nitrogen and oxygen atoms in total. The molecule has 0 aromatic heterocycles. The van der Waals surface area contributed by atoms with Crippen molar-refractivity contribution in [2.24, 2.45) is 0 Å². The Balaban J connectivity index is 0.00000182. The number of amides is 1. The molecule has 1 aromatic rings. The topological polar surface area (TPSA) is 47.6 Å². The second-order valence-electron chi connectivity index (χ2n) is 6.45. The zero-order valence-corrected chi connectivity index (χ0v) is 16.4. The molecule has 0 saturated carbocycles. The maximum atomic E-state index is 13.3. The number of fused-ring (bicyclic) bond motifs is 1. The second kappa shape index (κ2) is 10.4. The first-order valence-corrected chi connectivity index (χ1v) is 8.56. The van der Waals surface area contributed by atoms with Gasteiger partial charge in [-0.1, -0.05) is 18.2 Å². The van der Waals surface area contributed by atoms with Crippen LogP contribution in [-0.2, 0) is 11.2 Å². The summed E-state index contributed by atoms with van der Waals surface area (Å²) in [6, 6.07) is 6.17. The molecular formula is C17H25Cl2F3N4O. The molecule has 27 heavy (non-hydrogen) atoms. The first kappa shape index (κ1) is 23.8. The van der Waals surface area contributed by atoms with Gasteiger partial charge in [-0.05, 0) is 18.1 Å². The van der Waals surface area contributed by atoms with Crippen LogP contribution in [0.2, 0.25) is 0 Å². The van der Waals surface area contributed by atoms with Gasteiger partial charge >= 0.3 is 6.18 Å². The van der Waals surface area contributed by atoms with Crippen molar-refractivity contribution in [1.82, 2.24) is 15.5 Å². The molecule has 1 atom stereocenters. The third-order valence-corrected chi connectivity index (χ3v) is 4.78. The van der Waals surface area contributed by atoms with Crippen molar-refractivity contribution in [1.29, 1.82) is 0 Å². The SMILES string of the molecule is Cl.Cl.O=C(CN1CCc2ccccc21)NCC(N1CCNCC1)C(F)(F)F. The number of piperazine rings is 1. The number of halogens is 5. The summed E-state index contributed by atoms with van der Waals surface area (Å²) in [6.07, 6.45) is -3.50. The van der Waals surface area contributed by atoms with Crippen molar-refractivity contribution in [3.05, 3.63) is 29.8 Å². The molecule has 1 saturated heterocycles. The molecular weight excluding hydrogens is 404 g/mol. The van der Waals surface area contributed by atoms with Crippen LogP contribution in [0.1, 0.15) is 5.56 Å². The zero-order valence-electron chi connectivity index (χ0n) is 14.8. The number of para-hydroxylation sites is 1. The normalized spacial score (nSPS) is 18.1. The Morgan fingerprint density at radius 1 is 1.15 bits per heavy atom. The van der Waals surface area contributed by atoms with E-state index in [4.69, 9.17) is 0 Å². The standard InChI is InChI=1S/C17H23F3N4O.2ClH/c18-17(19,20)15(23-9-6-21-7-10-23)11-22-16(25)12-24-8-5-13-3-1-2-4-14(13)24;;/h1-4,15,21H,5-12H2,(H,22,25);2*1H. The Morgan fingerprint density at radius 3 is 2.48 bits per heavy atom. The van der Waals surface area contributed by atoms with Crippen molar-refractivity contribution < 1.29 is 18.0 Å². The van der Waals surface area contributed by atoms with E-state index in [1.165, 1.54) is 10.5 Å². The molecule has 2 heterocycles. The number of nitrogens with zero attached hydrogens (tertiary/aromatic N) is 2. The van der Waals surface area contributed by atoms with E-state index in [9.17, 15) is 18.0 Å². The van der Waals surface area contributed by atoms with Gasteiger partial charge in [-0.15, -0.1) is 24.8 Å². The van der Waals surface area contributed by atoms with E-state index >= 15 is 0 Å². The summed E-state index contributed by atoms with van der Waals surface area (Å²) in [7, 11) is 0. The lowest BCUT2D eigenvalue weighted by Crippen LogP contribution is -2.58. The number of alkyl halides is 3. The summed E-state index contributed by atoms with van der Waals surface area (Å²) in [5.41, 5.74) is 2.16. The summed E-state index contributed by atoms with van der Waals surface area (Å²) in [6.45, 7) is 2.13. The predicted molar refractivity (Wildman–Crippen MR) is 104 cm³/mol. The smallest absolute Gasteiger partial charge is 0.362 e. The van der Waals surface area contributed by atoms with Crippen LogP contribution in [-0.4, -0.2) is 68.8 Å². The molecule has 2 N–H and O–H groups in total. The van der Waals surface area contributed by atoms with Gasteiger partial charge in [-0.25, -0.2) is 0 Å². The zero-order chi connectivity index (χ0) is 17.9. The van der Waals surface area contributed by atoms with Crippen LogP contribution in [0, 0.1) is 0 Å². The van der Waals surface area contributed by atoms with Crippen LogP contribution in [0.4, 0.5) is 18.9 Å². The third kappa shape index (κ3) is 6.14. The molecule has 2 aliphatic heterocycles. The van der Waals surface area contributed by atoms with Crippen LogP contribution < -0.4 is 15.5 Å².